The maximum atomic E-state index is 13.5. The molecule has 1 fully saturated rings. The summed E-state index contributed by atoms with van der Waals surface area (Å²) in [5.74, 6) is -3.56. The van der Waals surface area contributed by atoms with Crippen LogP contribution >= 0.6 is 0 Å². The van der Waals surface area contributed by atoms with Crippen molar-refractivity contribution in [1.82, 2.24) is 0 Å². The van der Waals surface area contributed by atoms with Gasteiger partial charge in [0, 0.05) is 0 Å². The van der Waals surface area contributed by atoms with E-state index in [1.54, 1.807) is 20.8 Å². The Hall–Kier alpha value is -1.29. The summed E-state index contributed by atoms with van der Waals surface area (Å²) in [6.07, 6.45) is -0.534. The van der Waals surface area contributed by atoms with Crippen LogP contribution in [-0.4, -0.2) is 41.9 Å². The molecule has 0 spiro atoms. The van der Waals surface area contributed by atoms with E-state index in [9.17, 15) is 26.8 Å². The lowest BCUT2D eigenvalue weighted by Gasteiger charge is -2.32. The average Bonchev–Trinajstić information content (AvgIpc) is 2.44. The SMILES string of the molecule is CC(OC(=O)C1CCCCC1C(=O)OC(C)(C)C)C(F)(F)S(=O)(=O)O. The number of esters is 2. The van der Waals surface area contributed by atoms with Gasteiger partial charge in [0.25, 0.3) is 0 Å². The molecule has 1 saturated carbocycles. The van der Waals surface area contributed by atoms with Gasteiger partial charge in [-0.1, -0.05) is 12.8 Å². The Morgan fingerprint density at radius 2 is 1.52 bits per heavy atom. The van der Waals surface area contributed by atoms with E-state index in [4.69, 9.17) is 9.29 Å². The minimum Gasteiger partial charge on any atom is -0.460 e. The summed E-state index contributed by atoms with van der Waals surface area (Å²) in [5.41, 5.74) is -0.770. The van der Waals surface area contributed by atoms with Crippen LogP contribution in [0.3, 0.4) is 0 Å². The molecule has 3 unspecified atom stereocenters. The molecule has 25 heavy (non-hydrogen) atoms. The molecule has 10 heteroatoms. The fourth-order valence-electron chi connectivity index (χ4n) is 2.61. The molecule has 1 aliphatic carbocycles. The standard InChI is InChI=1S/C15H24F2O7S/c1-9(15(16,17)25(20,21)22)23-12(18)10-7-5-6-8-11(10)13(19)24-14(2,3)4/h9-11H,5-8H2,1-4H3,(H,20,21,22). The van der Waals surface area contributed by atoms with Gasteiger partial charge in [0.05, 0.1) is 11.8 Å². The molecular weight excluding hydrogens is 362 g/mol. The molecule has 0 aromatic heterocycles. The molecular formula is C15H24F2O7S. The van der Waals surface area contributed by atoms with E-state index >= 15 is 0 Å². The van der Waals surface area contributed by atoms with Crippen molar-refractivity contribution in [2.75, 3.05) is 0 Å². The second kappa shape index (κ2) is 7.53. The minimum absolute atomic E-state index is 0.243. The third kappa shape index (κ3) is 5.60. The maximum Gasteiger partial charge on any atom is 0.405 e. The zero-order chi connectivity index (χ0) is 19.6. The van der Waals surface area contributed by atoms with E-state index in [1.807, 2.05) is 0 Å². The predicted molar refractivity (Wildman–Crippen MR) is 83.3 cm³/mol. The lowest BCUT2D eigenvalue weighted by atomic mass is 9.79. The van der Waals surface area contributed by atoms with E-state index in [-0.39, 0.29) is 6.42 Å². The number of ether oxygens (including phenoxy) is 2. The molecule has 1 N–H and O–H groups in total. The maximum absolute atomic E-state index is 13.5. The van der Waals surface area contributed by atoms with Crippen molar-refractivity contribution >= 4 is 22.1 Å². The number of carbonyl (C=O) groups is 2. The first kappa shape index (κ1) is 21.8. The third-order valence-corrected chi connectivity index (χ3v) is 4.91. The molecule has 0 aliphatic heterocycles. The van der Waals surface area contributed by atoms with Crippen molar-refractivity contribution < 1.29 is 40.8 Å². The van der Waals surface area contributed by atoms with Gasteiger partial charge in [-0.15, -0.1) is 0 Å². The number of hydrogen-bond acceptors (Lipinski definition) is 6. The van der Waals surface area contributed by atoms with E-state index in [0.717, 1.165) is 0 Å². The van der Waals surface area contributed by atoms with Gasteiger partial charge in [-0.2, -0.15) is 17.2 Å². The van der Waals surface area contributed by atoms with Gasteiger partial charge >= 0.3 is 27.3 Å². The average molecular weight is 386 g/mol. The highest BCUT2D eigenvalue weighted by Gasteiger charge is 2.53. The summed E-state index contributed by atoms with van der Waals surface area (Å²) in [5, 5.41) is -4.64. The van der Waals surface area contributed by atoms with E-state index in [1.165, 1.54) is 0 Å². The van der Waals surface area contributed by atoms with Gasteiger partial charge in [-0.25, -0.2) is 0 Å². The molecule has 3 atom stereocenters. The molecule has 146 valence electrons. The highest BCUT2D eigenvalue weighted by Crippen LogP contribution is 2.35. The summed E-state index contributed by atoms with van der Waals surface area (Å²) in [4.78, 5) is 24.5. The molecule has 0 bridgehead atoms. The smallest absolute Gasteiger partial charge is 0.405 e. The van der Waals surface area contributed by atoms with Crippen LogP contribution in [0.5, 0.6) is 0 Å². The van der Waals surface area contributed by atoms with Gasteiger partial charge in [0.2, 0.25) is 0 Å². The van der Waals surface area contributed by atoms with Crippen LogP contribution in [0.4, 0.5) is 8.78 Å². The first-order valence-corrected chi connectivity index (χ1v) is 9.39. The Morgan fingerprint density at radius 1 is 1.08 bits per heavy atom. The first-order valence-electron chi connectivity index (χ1n) is 7.95. The number of hydrogen-bond donors (Lipinski definition) is 1. The van der Waals surface area contributed by atoms with Gasteiger partial charge in [0.15, 0.2) is 6.10 Å². The summed E-state index contributed by atoms with van der Waals surface area (Å²) in [7, 11) is -5.73. The van der Waals surface area contributed by atoms with Crippen molar-refractivity contribution in [1.29, 1.82) is 0 Å². The highest BCUT2D eigenvalue weighted by atomic mass is 32.2. The fraction of sp³-hybridized carbons (Fsp3) is 0.867. The van der Waals surface area contributed by atoms with Crippen molar-refractivity contribution in [3.63, 3.8) is 0 Å². The van der Waals surface area contributed by atoms with E-state index in [0.29, 0.717) is 26.2 Å². The second-order valence-corrected chi connectivity index (χ2v) is 8.64. The van der Waals surface area contributed by atoms with Crippen LogP contribution in [0.25, 0.3) is 0 Å². The van der Waals surface area contributed by atoms with Crippen LogP contribution in [0.1, 0.15) is 53.4 Å². The summed E-state index contributed by atoms with van der Waals surface area (Å²) in [6, 6.07) is 0. The normalized spacial score (nSPS) is 23.6. The van der Waals surface area contributed by atoms with Crippen molar-refractivity contribution in [3.05, 3.63) is 0 Å². The second-order valence-electron chi connectivity index (χ2n) is 7.15. The topological polar surface area (TPSA) is 107 Å². The Morgan fingerprint density at radius 3 is 1.92 bits per heavy atom. The Bertz CT molecular complexity index is 610. The molecule has 1 aliphatic rings. The third-order valence-electron chi connectivity index (χ3n) is 3.89. The van der Waals surface area contributed by atoms with E-state index < -0.39 is 50.9 Å². The minimum atomic E-state index is -5.73. The largest absolute Gasteiger partial charge is 0.460 e. The summed E-state index contributed by atoms with van der Waals surface area (Å²) >= 11 is 0. The van der Waals surface area contributed by atoms with Crippen molar-refractivity contribution in [3.8, 4) is 0 Å². The van der Waals surface area contributed by atoms with E-state index in [2.05, 4.69) is 4.74 Å². The Kier molecular flexibility index (Phi) is 6.55. The number of rotatable bonds is 5. The molecule has 0 amide bonds. The lowest BCUT2D eigenvalue weighted by molar-refractivity contribution is -0.177. The van der Waals surface area contributed by atoms with Crippen LogP contribution in [0, 0.1) is 11.8 Å². The monoisotopic (exact) mass is 386 g/mol. The number of carbonyl (C=O) groups excluding carboxylic acids is 2. The van der Waals surface area contributed by atoms with Crippen LogP contribution in [-0.2, 0) is 29.2 Å². The van der Waals surface area contributed by atoms with Gasteiger partial charge in [-0.3, -0.25) is 14.1 Å². The van der Waals surface area contributed by atoms with Crippen molar-refractivity contribution in [2.45, 2.75) is 70.3 Å². The summed E-state index contributed by atoms with van der Waals surface area (Å²) < 4.78 is 66.9. The van der Waals surface area contributed by atoms with Gasteiger partial charge < -0.3 is 9.47 Å². The number of halogens is 2. The molecule has 0 aromatic carbocycles. The zero-order valence-corrected chi connectivity index (χ0v) is 15.4. The molecule has 1 rings (SSSR count). The van der Waals surface area contributed by atoms with Crippen molar-refractivity contribution in [2.24, 2.45) is 11.8 Å². The molecule has 7 nitrogen and oxygen atoms in total. The molecule has 0 radical (unpaired) electrons. The molecule has 0 heterocycles. The molecule has 0 saturated heterocycles. The molecule has 0 aromatic rings. The lowest BCUT2D eigenvalue weighted by Crippen LogP contribution is -2.45. The predicted octanol–water partition coefficient (Wildman–Crippen LogP) is 2.55. The quantitative estimate of drug-likeness (QED) is 0.571. The number of alkyl halides is 2. The highest BCUT2D eigenvalue weighted by molar-refractivity contribution is 7.86. The van der Waals surface area contributed by atoms with Gasteiger partial charge in [-0.05, 0) is 40.5 Å². The van der Waals surface area contributed by atoms with Crippen LogP contribution < -0.4 is 0 Å². The Balaban J connectivity index is 2.89. The van der Waals surface area contributed by atoms with Crippen LogP contribution in [0.2, 0.25) is 0 Å². The fourth-order valence-corrected chi connectivity index (χ4v) is 3.08. The van der Waals surface area contributed by atoms with Gasteiger partial charge in [0.1, 0.15) is 5.60 Å². The zero-order valence-electron chi connectivity index (χ0n) is 14.6. The van der Waals surface area contributed by atoms with Crippen LogP contribution in [0.15, 0.2) is 0 Å². The first-order chi connectivity index (χ1) is 11.2. The Labute approximate surface area is 145 Å². The summed E-state index contributed by atoms with van der Waals surface area (Å²) in [6.45, 7) is 5.65.